The van der Waals surface area contributed by atoms with Gasteiger partial charge < -0.3 is 0 Å². The molecule has 2 nitrogen and oxygen atoms in total. The van der Waals surface area contributed by atoms with Crippen molar-refractivity contribution < 1.29 is 0 Å². The Morgan fingerprint density at radius 3 is 2.00 bits per heavy atom. The summed E-state index contributed by atoms with van der Waals surface area (Å²) in [5.74, 6) is 0. The first-order valence-corrected chi connectivity index (χ1v) is 5.40. The fourth-order valence-corrected chi connectivity index (χ4v) is 1.37. The van der Waals surface area contributed by atoms with Gasteiger partial charge in [0.2, 0.25) is 0 Å². The molecule has 0 heterocycles. The maximum Gasteiger partial charge on any atom is 0.0353 e. The molecular formula is C13H22N2. The minimum Gasteiger partial charge on any atom is -0.251 e. The van der Waals surface area contributed by atoms with Gasteiger partial charge >= 0.3 is 0 Å². The summed E-state index contributed by atoms with van der Waals surface area (Å²) in [6.07, 6.45) is 0. The Morgan fingerprint density at radius 2 is 1.60 bits per heavy atom. The Morgan fingerprint density at radius 1 is 1.07 bits per heavy atom. The van der Waals surface area contributed by atoms with E-state index in [1.807, 2.05) is 19.1 Å². The first-order chi connectivity index (χ1) is 6.89. The predicted molar refractivity (Wildman–Crippen MR) is 65.7 cm³/mol. The zero-order chi connectivity index (χ0) is 11.5. The van der Waals surface area contributed by atoms with E-state index >= 15 is 0 Å². The zero-order valence-corrected chi connectivity index (χ0v) is 10.5. The van der Waals surface area contributed by atoms with E-state index in [-0.39, 0.29) is 5.41 Å². The molecule has 0 aliphatic carbocycles. The SMILES string of the molecule is CN(C)NCc1ccc(C(C)(C)C)cc1. The fraction of sp³-hybridized carbons (Fsp3) is 0.538. The molecule has 2 heteroatoms. The minimum atomic E-state index is 0.244. The predicted octanol–water partition coefficient (Wildman–Crippen LogP) is 2.55. The lowest BCUT2D eigenvalue weighted by Gasteiger charge is -2.19. The number of hydrogen-bond acceptors (Lipinski definition) is 2. The van der Waals surface area contributed by atoms with Crippen molar-refractivity contribution in [3.8, 4) is 0 Å². The summed E-state index contributed by atoms with van der Waals surface area (Å²) in [6, 6.07) is 8.81. The molecule has 15 heavy (non-hydrogen) atoms. The normalized spacial score (nSPS) is 12.1. The molecule has 0 atom stereocenters. The van der Waals surface area contributed by atoms with E-state index in [9.17, 15) is 0 Å². The molecule has 1 N–H and O–H groups in total. The maximum absolute atomic E-state index is 3.25. The highest BCUT2D eigenvalue weighted by Gasteiger charge is 2.12. The molecule has 0 aliphatic heterocycles. The number of rotatable bonds is 3. The summed E-state index contributed by atoms with van der Waals surface area (Å²) in [5.41, 5.74) is 6.20. The van der Waals surface area contributed by atoms with E-state index in [0.717, 1.165) is 6.54 Å². The molecule has 0 aliphatic rings. The van der Waals surface area contributed by atoms with Crippen molar-refractivity contribution in [2.75, 3.05) is 14.1 Å². The number of nitrogens with one attached hydrogen (secondary N) is 1. The second-order valence-electron chi connectivity index (χ2n) is 5.18. The zero-order valence-electron chi connectivity index (χ0n) is 10.5. The molecule has 0 saturated carbocycles. The Kier molecular flexibility index (Phi) is 3.89. The first-order valence-electron chi connectivity index (χ1n) is 5.40. The monoisotopic (exact) mass is 206 g/mol. The van der Waals surface area contributed by atoms with Crippen LogP contribution in [0.2, 0.25) is 0 Å². The molecule has 0 radical (unpaired) electrons. The van der Waals surface area contributed by atoms with Crippen LogP contribution < -0.4 is 5.43 Å². The van der Waals surface area contributed by atoms with Crippen LogP contribution in [0.4, 0.5) is 0 Å². The van der Waals surface area contributed by atoms with Crippen molar-refractivity contribution >= 4 is 0 Å². The van der Waals surface area contributed by atoms with E-state index in [1.165, 1.54) is 11.1 Å². The fourth-order valence-electron chi connectivity index (χ4n) is 1.37. The number of benzene rings is 1. The third kappa shape index (κ3) is 4.02. The van der Waals surface area contributed by atoms with E-state index in [4.69, 9.17) is 0 Å². The standard InChI is InChI=1S/C13H22N2/c1-13(2,3)12-8-6-11(7-9-12)10-14-15(4)5/h6-9,14H,10H2,1-5H3. The topological polar surface area (TPSA) is 15.3 Å². The van der Waals surface area contributed by atoms with Crippen molar-refractivity contribution in [2.24, 2.45) is 0 Å². The summed E-state index contributed by atoms with van der Waals surface area (Å²) in [6.45, 7) is 7.59. The lowest BCUT2D eigenvalue weighted by Crippen LogP contribution is -2.29. The average Bonchev–Trinajstić information content (AvgIpc) is 2.14. The Labute approximate surface area is 93.3 Å². The van der Waals surface area contributed by atoms with E-state index in [1.54, 1.807) is 0 Å². The van der Waals surface area contributed by atoms with Gasteiger partial charge in [-0.2, -0.15) is 0 Å². The van der Waals surface area contributed by atoms with Gasteiger partial charge in [-0.3, -0.25) is 10.4 Å². The van der Waals surface area contributed by atoms with E-state index < -0.39 is 0 Å². The maximum atomic E-state index is 3.25. The molecule has 0 bridgehead atoms. The smallest absolute Gasteiger partial charge is 0.0353 e. The molecule has 1 rings (SSSR count). The van der Waals surface area contributed by atoms with Crippen molar-refractivity contribution in [3.63, 3.8) is 0 Å². The van der Waals surface area contributed by atoms with Gasteiger partial charge in [-0.1, -0.05) is 45.0 Å². The van der Waals surface area contributed by atoms with Gasteiger partial charge in [0.1, 0.15) is 0 Å². The van der Waals surface area contributed by atoms with Crippen molar-refractivity contribution in [2.45, 2.75) is 32.7 Å². The van der Waals surface area contributed by atoms with E-state index in [0.29, 0.717) is 0 Å². The molecule has 0 amide bonds. The van der Waals surface area contributed by atoms with Gasteiger partial charge in [-0.15, -0.1) is 0 Å². The average molecular weight is 206 g/mol. The summed E-state index contributed by atoms with van der Waals surface area (Å²) in [7, 11) is 4.01. The summed E-state index contributed by atoms with van der Waals surface area (Å²) in [5, 5.41) is 1.97. The highest BCUT2D eigenvalue weighted by atomic mass is 15.5. The number of hydrogen-bond donors (Lipinski definition) is 1. The molecule has 0 fully saturated rings. The van der Waals surface area contributed by atoms with Gasteiger partial charge in [0.05, 0.1) is 0 Å². The molecular weight excluding hydrogens is 184 g/mol. The third-order valence-corrected chi connectivity index (χ3v) is 2.42. The van der Waals surface area contributed by atoms with Crippen LogP contribution in [0.25, 0.3) is 0 Å². The minimum absolute atomic E-state index is 0.244. The van der Waals surface area contributed by atoms with Gasteiger partial charge in [0.25, 0.3) is 0 Å². The third-order valence-electron chi connectivity index (χ3n) is 2.42. The van der Waals surface area contributed by atoms with Crippen LogP contribution in [0, 0.1) is 0 Å². The number of hydrazine groups is 1. The molecule has 0 unspecified atom stereocenters. The Hall–Kier alpha value is -0.860. The van der Waals surface area contributed by atoms with Crippen LogP contribution in [0.3, 0.4) is 0 Å². The second kappa shape index (κ2) is 4.77. The van der Waals surface area contributed by atoms with Crippen molar-refractivity contribution in [1.82, 2.24) is 10.4 Å². The Bertz CT molecular complexity index is 293. The van der Waals surface area contributed by atoms with Crippen LogP contribution in [0.5, 0.6) is 0 Å². The highest BCUT2D eigenvalue weighted by molar-refractivity contribution is 5.27. The molecule has 84 valence electrons. The van der Waals surface area contributed by atoms with Crippen LogP contribution >= 0.6 is 0 Å². The largest absolute Gasteiger partial charge is 0.251 e. The summed E-state index contributed by atoms with van der Waals surface area (Å²) < 4.78 is 0. The quantitative estimate of drug-likeness (QED) is 0.765. The van der Waals surface area contributed by atoms with Crippen molar-refractivity contribution in [1.29, 1.82) is 0 Å². The van der Waals surface area contributed by atoms with Crippen LogP contribution in [0.15, 0.2) is 24.3 Å². The highest BCUT2D eigenvalue weighted by Crippen LogP contribution is 2.21. The summed E-state index contributed by atoms with van der Waals surface area (Å²) >= 11 is 0. The molecule has 0 aromatic heterocycles. The molecule has 0 saturated heterocycles. The number of nitrogens with zero attached hydrogens (tertiary/aromatic N) is 1. The first kappa shape index (κ1) is 12.2. The lowest BCUT2D eigenvalue weighted by molar-refractivity contribution is 0.286. The van der Waals surface area contributed by atoms with Crippen LogP contribution in [-0.4, -0.2) is 19.1 Å². The van der Waals surface area contributed by atoms with Gasteiger partial charge in [-0.25, -0.2) is 0 Å². The molecule has 1 aromatic carbocycles. The molecule has 1 aromatic rings. The summed E-state index contributed by atoms with van der Waals surface area (Å²) in [4.78, 5) is 0. The van der Waals surface area contributed by atoms with Crippen LogP contribution in [-0.2, 0) is 12.0 Å². The van der Waals surface area contributed by atoms with Gasteiger partial charge in [0.15, 0.2) is 0 Å². The lowest BCUT2D eigenvalue weighted by atomic mass is 9.87. The second-order valence-corrected chi connectivity index (χ2v) is 5.18. The van der Waals surface area contributed by atoms with Crippen molar-refractivity contribution in [3.05, 3.63) is 35.4 Å². The van der Waals surface area contributed by atoms with E-state index in [2.05, 4.69) is 50.5 Å². The van der Waals surface area contributed by atoms with Gasteiger partial charge in [-0.05, 0) is 16.5 Å². The Balaban J connectivity index is 2.65. The van der Waals surface area contributed by atoms with Crippen LogP contribution in [0.1, 0.15) is 31.9 Å². The van der Waals surface area contributed by atoms with Gasteiger partial charge in [0, 0.05) is 20.6 Å². The molecule has 0 spiro atoms.